The van der Waals surface area contributed by atoms with Crippen LogP contribution in [0.4, 0.5) is 0 Å². The summed E-state index contributed by atoms with van der Waals surface area (Å²) in [7, 11) is 2.00. The Labute approximate surface area is 141 Å². The van der Waals surface area contributed by atoms with Crippen LogP contribution in [0.1, 0.15) is 68.2 Å². The average molecular weight is 301 g/mol. The molecule has 0 spiro atoms. The molecular weight excluding hydrogens is 266 g/mol. The number of hydrogen-bond acceptors (Lipinski definition) is 0. The van der Waals surface area contributed by atoms with Crippen LogP contribution in [-0.4, -0.2) is 0 Å². The van der Waals surface area contributed by atoms with Crippen LogP contribution >= 0.6 is 0 Å². The molecule has 0 aliphatic heterocycles. The molecule has 0 bridgehead atoms. The molecule has 0 radical (unpaired) electrons. The summed E-state index contributed by atoms with van der Waals surface area (Å²) in [6.45, 7) is 10.1. The van der Waals surface area contributed by atoms with Gasteiger partial charge in [-0.05, 0) is 42.3 Å². The third-order valence-corrected chi connectivity index (χ3v) is 4.12. The van der Waals surface area contributed by atoms with Gasteiger partial charge in [-0.25, -0.2) is 4.57 Å². The lowest BCUT2D eigenvalue weighted by molar-refractivity contribution is -0.661. The van der Waals surface area contributed by atoms with E-state index in [1.54, 1.807) is 12.1 Å². The Morgan fingerprint density at radius 2 is 1.86 bits per heavy atom. The average Bonchev–Trinajstić information content (AvgIpc) is 2.44. The van der Waals surface area contributed by atoms with Crippen LogP contribution in [0, 0.1) is 13.8 Å². The van der Waals surface area contributed by atoms with Crippen molar-refractivity contribution in [2.45, 2.75) is 59.7 Å². The molecule has 1 heteroatoms. The molecule has 0 amide bonds. The van der Waals surface area contributed by atoms with Crippen LogP contribution < -0.4 is 4.57 Å². The Kier molecular flexibility index (Phi) is 3.17. The van der Waals surface area contributed by atoms with Gasteiger partial charge in [0.05, 0.1) is 0 Å². The monoisotopic (exact) mass is 300 g/mol. The highest BCUT2D eigenvalue weighted by Gasteiger charge is 2.25. The van der Waals surface area contributed by atoms with Gasteiger partial charge in [0.2, 0.25) is 5.69 Å². The Balaban J connectivity index is 2.72. The Hall–Kier alpha value is -1.63. The molecule has 0 saturated heterocycles. The zero-order valence-corrected chi connectivity index (χ0v) is 14.8. The Bertz CT molecular complexity index is 822. The molecule has 0 N–H and O–H groups in total. The van der Waals surface area contributed by atoms with E-state index >= 15 is 0 Å². The van der Waals surface area contributed by atoms with Crippen molar-refractivity contribution >= 4 is 0 Å². The normalized spacial score (nSPS) is 15.8. The first-order chi connectivity index (χ1) is 11.6. The zero-order valence-electron chi connectivity index (χ0n) is 18.8. The van der Waals surface area contributed by atoms with Gasteiger partial charge in [-0.15, -0.1) is 0 Å². The number of aryl methyl sites for hydroxylation is 3. The number of rotatable bonds is 2. The first-order valence-corrected chi connectivity index (χ1v) is 7.78. The van der Waals surface area contributed by atoms with Crippen LogP contribution in [-0.2, 0) is 12.5 Å². The zero-order chi connectivity index (χ0) is 20.1. The summed E-state index contributed by atoms with van der Waals surface area (Å²) in [6.07, 6.45) is 2.11. The molecule has 0 atom stereocenters. The largest absolute Gasteiger partial charge is 0.212 e. The minimum atomic E-state index is -2.10. The second-order valence-electron chi connectivity index (χ2n) is 7.38. The van der Waals surface area contributed by atoms with Crippen LogP contribution in [0.15, 0.2) is 30.5 Å². The van der Waals surface area contributed by atoms with Crippen LogP contribution in [0.3, 0.4) is 0 Å². The van der Waals surface area contributed by atoms with Gasteiger partial charge < -0.3 is 0 Å². The highest BCUT2D eigenvalue weighted by atomic mass is 14.9. The predicted molar refractivity (Wildman–Crippen MR) is 95.3 cm³/mol. The Morgan fingerprint density at radius 3 is 2.36 bits per heavy atom. The van der Waals surface area contributed by atoms with E-state index in [1.807, 2.05) is 33.9 Å². The number of aromatic nitrogens is 1. The maximum atomic E-state index is 8.61. The third-order valence-electron chi connectivity index (χ3n) is 4.12. The van der Waals surface area contributed by atoms with E-state index < -0.39 is 12.7 Å². The fourth-order valence-corrected chi connectivity index (χ4v) is 2.88. The lowest BCUT2D eigenvalue weighted by Gasteiger charge is -2.23. The topological polar surface area (TPSA) is 3.88 Å². The molecule has 0 aliphatic rings. The predicted octanol–water partition coefficient (Wildman–Crippen LogP) is 5.22. The van der Waals surface area contributed by atoms with Gasteiger partial charge in [-0.1, -0.05) is 52.3 Å². The molecule has 1 aromatic carbocycles. The second kappa shape index (κ2) is 5.87. The molecule has 0 aliphatic carbocycles. The summed E-state index contributed by atoms with van der Waals surface area (Å²) in [5, 5.41) is 0. The van der Waals surface area contributed by atoms with E-state index in [0.29, 0.717) is 5.56 Å². The van der Waals surface area contributed by atoms with Crippen molar-refractivity contribution in [3.05, 3.63) is 52.7 Å². The third kappa shape index (κ3) is 3.24. The van der Waals surface area contributed by atoms with Crippen molar-refractivity contribution in [2.24, 2.45) is 7.05 Å². The SMILES string of the molecule is [2H]C([2H])([2H])c1ccc(-c2cc(C([2H])(C)C)c(C(C)(C)C)c[n+]2C)c(C)c1. The summed E-state index contributed by atoms with van der Waals surface area (Å²) in [5.41, 5.74) is 5.34. The van der Waals surface area contributed by atoms with Gasteiger partial charge in [0, 0.05) is 22.7 Å². The number of benzene rings is 1. The minimum Gasteiger partial charge on any atom is -0.201 e. The van der Waals surface area contributed by atoms with Crippen LogP contribution in [0.2, 0.25) is 0 Å². The van der Waals surface area contributed by atoms with E-state index in [4.69, 9.17) is 5.48 Å². The summed E-state index contributed by atoms with van der Waals surface area (Å²) in [4.78, 5) is 0. The number of nitrogens with zero attached hydrogens (tertiary/aromatic N) is 1. The highest BCUT2D eigenvalue weighted by molar-refractivity contribution is 5.62. The Morgan fingerprint density at radius 1 is 1.18 bits per heavy atom. The fraction of sp³-hybridized carbons (Fsp3) is 0.476. The molecule has 22 heavy (non-hydrogen) atoms. The van der Waals surface area contributed by atoms with Crippen LogP contribution in [0.25, 0.3) is 11.3 Å². The van der Waals surface area contributed by atoms with Crippen molar-refractivity contribution in [1.82, 2.24) is 0 Å². The van der Waals surface area contributed by atoms with Crippen molar-refractivity contribution in [1.29, 1.82) is 0 Å². The summed E-state index contributed by atoms with van der Waals surface area (Å²) >= 11 is 0. The van der Waals surface area contributed by atoms with Gasteiger partial charge in [0.15, 0.2) is 6.20 Å². The molecule has 1 heterocycles. The summed E-state index contributed by atoms with van der Waals surface area (Å²) in [5.74, 6) is -0.724. The molecular formula is C21H30N+. The van der Waals surface area contributed by atoms with E-state index in [2.05, 4.69) is 37.6 Å². The first-order valence-electron chi connectivity index (χ1n) is 9.78. The fourth-order valence-electron chi connectivity index (χ4n) is 2.88. The smallest absolute Gasteiger partial charge is 0.201 e. The summed E-state index contributed by atoms with van der Waals surface area (Å²) < 4.78 is 33.5. The second-order valence-corrected chi connectivity index (χ2v) is 7.38. The van der Waals surface area contributed by atoms with Crippen LogP contribution in [0.5, 0.6) is 0 Å². The van der Waals surface area contributed by atoms with Gasteiger partial charge in [0.25, 0.3) is 0 Å². The lowest BCUT2D eigenvalue weighted by Crippen LogP contribution is -2.34. The number of pyridine rings is 1. The first kappa shape index (κ1) is 11.9. The molecule has 0 fully saturated rings. The van der Waals surface area contributed by atoms with E-state index in [9.17, 15) is 0 Å². The van der Waals surface area contributed by atoms with E-state index in [0.717, 1.165) is 27.9 Å². The quantitative estimate of drug-likeness (QED) is 0.670. The molecule has 2 aromatic rings. The minimum absolute atomic E-state index is 0.0654. The standard InChI is InChI=1S/C21H30N/c1-14(2)18-12-20(17-10-9-15(3)11-16(17)4)22(8)13-19(18)21(5,6)7/h9-14H,1-8H3/q+1/i3D3,14D. The molecule has 0 unspecified atom stereocenters. The maximum Gasteiger partial charge on any atom is 0.212 e. The molecule has 0 saturated carbocycles. The van der Waals surface area contributed by atoms with Gasteiger partial charge in [-0.2, -0.15) is 0 Å². The van der Waals surface area contributed by atoms with Crippen molar-refractivity contribution in [3.8, 4) is 11.3 Å². The highest BCUT2D eigenvalue weighted by Crippen LogP contribution is 2.32. The molecule has 1 aromatic heterocycles. The van der Waals surface area contributed by atoms with Crippen molar-refractivity contribution in [3.63, 3.8) is 0 Å². The number of hydrogen-bond donors (Lipinski definition) is 0. The van der Waals surface area contributed by atoms with E-state index in [1.165, 1.54) is 0 Å². The van der Waals surface area contributed by atoms with Crippen molar-refractivity contribution < 1.29 is 10.1 Å². The van der Waals surface area contributed by atoms with E-state index in [-0.39, 0.29) is 5.41 Å². The van der Waals surface area contributed by atoms with Gasteiger partial charge in [-0.3, -0.25) is 0 Å². The van der Waals surface area contributed by atoms with Gasteiger partial charge >= 0.3 is 0 Å². The lowest BCUT2D eigenvalue weighted by atomic mass is 9.81. The summed E-state index contributed by atoms with van der Waals surface area (Å²) in [6, 6.07) is 7.39. The molecule has 1 nitrogen and oxygen atoms in total. The maximum absolute atomic E-state index is 8.61. The van der Waals surface area contributed by atoms with Crippen molar-refractivity contribution in [2.75, 3.05) is 0 Å². The van der Waals surface area contributed by atoms with Gasteiger partial charge in [0.1, 0.15) is 7.05 Å². The molecule has 118 valence electrons. The molecule has 2 rings (SSSR count).